The van der Waals surface area contributed by atoms with Crippen LogP contribution in [0, 0.1) is 12.8 Å². The number of aryl methyl sites for hydroxylation is 1. The molecular weight excluding hydrogens is 192 g/mol. The molecule has 14 heavy (non-hydrogen) atoms. The Balaban J connectivity index is 2.03. The van der Waals surface area contributed by atoms with Crippen molar-refractivity contribution in [2.75, 3.05) is 12.4 Å². The summed E-state index contributed by atoms with van der Waals surface area (Å²) in [6, 6.07) is 0. The maximum Gasteiger partial charge on any atom is 0.182 e. The fourth-order valence-corrected chi connectivity index (χ4v) is 3.23. The average Bonchev–Trinajstić information content (AvgIpc) is 2.78. The van der Waals surface area contributed by atoms with Gasteiger partial charge in [-0.25, -0.2) is 4.98 Å². The van der Waals surface area contributed by atoms with Crippen molar-refractivity contribution >= 4 is 16.5 Å². The van der Waals surface area contributed by atoms with Crippen LogP contribution in [0.15, 0.2) is 0 Å². The number of thiazole rings is 1. The minimum Gasteiger partial charge on any atom is -0.365 e. The molecule has 0 radical (unpaired) electrons. The quantitative estimate of drug-likeness (QED) is 0.828. The highest BCUT2D eigenvalue weighted by atomic mass is 32.1. The zero-order valence-electron chi connectivity index (χ0n) is 8.97. The Labute approximate surface area is 89.8 Å². The number of nitrogens with one attached hydrogen (secondary N) is 1. The monoisotopic (exact) mass is 210 g/mol. The van der Waals surface area contributed by atoms with Gasteiger partial charge in [-0.1, -0.05) is 25.7 Å². The summed E-state index contributed by atoms with van der Waals surface area (Å²) in [6.07, 6.45) is 6.96. The molecular formula is C11H18N2S. The highest BCUT2D eigenvalue weighted by Gasteiger charge is 2.18. The molecule has 0 unspecified atom stereocenters. The minimum atomic E-state index is 0.929. The van der Waals surface area contributed by atoms with Crippen LogP contribution in [0.25, 0.3) is 0 Å². The summed E-state index contributed by atoms with van der Waals surface area (Å²) in [5.41, 5.74) is 1.23. The van der Waals surface area contributed by atoms with Gasteiger partial charge in [0.1, 0.15) is 0 Å². The summed E-state index contributed by atoms with van der Waals surface area (Å²) in [5, 5.41) is 4.19. The van der Waals surface area contributed by atoms with Crippen LogP contribution in [-0.4, -0.2) is 12.0 Å². The number of hydrogen-bond donors (Lipinski definition) is 1. The lowest BCUT2D eigenvalue weighted by atomic mass is 10.0. The van der Waals surface area contributed by atoms with Gasteiger partial charge in [0.05, 0.1) is 5.69 Å². The van der Waals surface area contributed by atoms with E-state index in [2.05, 4.69) is 17.2 Å². The Bertz CT molecular complexity index is 300. The first-order valence-electron chi connectivity index (χ1n) is 5.43. The van der Waals surface area contributed by atoms with Gasteiger partial charge in [0.25, 0.3) is 0 Å². The van der Waals surface area contributed by atoms with Crippen molar-refractivity contribution < 1.29 is 0 Å². The van der Waals surface area contributed by atoms with Crippen LogP contribution in [0.2, 0.25) is 0 Å². The van der Waals surface area contributed by atoms with Gasteiger partial charge < -0.3 is 5.32 Å². The van der Waals surface area contributed by atoms with E-state index in [1.165, 1.54) is 42.7 Å². The first-order chi connectivity index (χ1) is 6.79. The van der Waals surface area contributed by atoms with Crippen molar-refractivity contribution in [3.8, 4) is 0 Å². The summed E-state index contributed by atoms with van der Waals surface area (Å²) < 4.78 is 0. The molecule has 0 spiro atoms. The summed E-state index contributed by atoms with van der Waals surface area (Å²) in [7, 11) is 1.94. The van der Waals surface area contributed by atoms with Crippen LogP contribution in [0.3, 0.4) is 0 Å². The predicted octanol–water partition coefficient (Wildman–Crippen LogP) is 3.23. The highest BCUT2D eigenvalue weighted by Crippen LogP contribution is 2.32. The van der Waals surface area contributed by atoms with Crippen LogP contribution in [0.5, 0.6) is 0 Å². The van der Waals surface area contributed by atoms with Crippen molar-refractivity contribution in [3.63, 3.8) is 0 Å². The van der Waals surface area contributed by atoms with Crippen molar-refractivity contribution in [3.05, 3.63) is 10.6 Å². The molecule has 0 saturated heterocycles. The van der Waals surface area contributed by atoms with Gasteiger partial charge in [-0.3, -0.25) is 0 Å². The summed E-state index contributed by atoms with van der Waals surface area (Å²) in [5.74, 6) is 0.929. The van der Waals surface area contributed by atoms with Crippen molar-refractivity contribution in [2.24, 2.45) is 5.92 Å². The largest absolute Gasteiger partial charge is 0.365 e. The van der Waals surface area contributed by atoms with Crippen LogP contribution >= 0.6 is 11.3 Å². The molecule has 1 aliphatic rings. The first-order valence-corrected chi connectivity index (χ1v) is 6.25. The lowest BCUT2D eigenvalue weighted by Crippen LogP contribution is -1.97. The fraction of sp³-hybridized carbons (Fsp3) is 0.727. The molecule has 1 aromatic rings. The van der Waals surface area contributed by atoms with E-state index in [1.54, 1.807) is 0 Å². The van der Waals surface area contributed by atoms with Crippen LogP contribution in [-0.2, 0) is 6.42 Å². The van der Waals surface area contributed by atoms with Gasteiger partial charge >= 0.3 is 0 Å². The smallest absolute Gasteiger partial charge is 0.182 e. The standard InChI is InChI=1S/C11H18N2S/c1-8-10(14-11(12-2)13-8)7-9-5-3-4-6-9/h9H,3-7H2,1-2H3,(H,12,13). The maximum absolute atomic E-state index is 4.48. The molecule has 2 nitrogen and oxygen atoms in total. The van der Waals surface area contributed by atoms with Crippen molar-refractivity contribution in [2.45, 2.75) is 39.0 Å². The van der Waals surface area contributed by atoms with E-state index < -0.39 is 0 Å². The Kier molecular flexibility index (Phi) is 3.06. The van der Waals surface area contributed by atoms with Gasteiger partial charge in [-0.2, -0.15) is 0 Å². The van der Waals surface area contributed by atoms with Gasteiger partial charge in [0, 0.05) is 11.9 Å². The van der Waals surface area contributed by atoms with Crippen molar-refractivity contribution in [1.29, 1.82) is 0 Å². The van der Waals surface area contributed by atoms with Crippen molar-refractivity contribution in [1.82, 2.24) is 4.98 Å². The molecule has 1 aromatic heterocycles. The second-order valence-electron chi connectivity index (χ2n) is 4.13. The third-order valence-electron chi connectivity index (χ3n) is 3.06. The lowest BCUT2D eigenvalue weighted by molar-refractivity contribution is 0.549. The van der Waals surface area contributed by atoms with Gasteiger partial charge in [-0.15, -0.1) is 11.3 Å². The molecule has 1 fully saturated rings. The SMILES string of the molecule is CNc1nc(C)c(CC2CCCC2)s1. The van der Waals surface area contributed by atoms with E-state index in [1.807, 2.05) is 18.4 Å². The van der Waals surface area contributed by atoms with E-state index in [9.17, 15) is 0 Å². The summed E-state index contributed by atoms with van der Waals surface area (Å²) in [6.45, 7) is 2.13. The molecule has 1 aliphatic carbocycles. The molecule has 0 aliphatic heterocycles. The van der Waals surface area contributed by atoms with Crippen LogP contribution < -0.4 is 5.32 Å². The van der Waals surface area contributed by atoms with E-state index >= 15 is 0 Å². The van der Waals surface area contributed by atoms with Crippen LogP contribution in [0.4, 0.5) is 5.13 Å². The topological polar surface area (TPSA) is 24.9 Å². The Morgan fingerprint density at radius 3 is 2.71 bits per heavy atom. The van der Waals surface area contributed by atoms with Gasteiger partial charge in [0.2, 0.25) is 0 Å². The number of hydrogen-bond acceptors (Lipinski definition) is 3. The lowest BCUT2D eigenvalue weighted by Gasteiger charge is -2.06. The van der Waals surface area contributed by atoms with Gasteiger partial charge in [-0.05, 0) is 19.3 Å². The number of aromatic nitrogens is 1. The van der Waals surface area contributed by atoms with Crippen LogP contribution in [0.1, 0.15) is 36.3 Å². The molecule has 3 heteroatoms. The Hall–Kier alpha value is -0.570. The van der Waals surface area contributed by atoms with E-state index in [4.69, 9.17) is 0 Å². The number of rotatable bonds is 3. The average molecular weight is 210 g/mol. The second kappa shape index (κ2) is 4.30. The number of anilines is 1. The molecule has 78 valence electrons. The maximum atomic E-state index is 4.48. The third-order valence-corrected chi connectivity index (χ3v) is 4.25. The molecule has 1 saturated carbocycles. The molecule has 0 atom stereocenters. The highest BCUT2D eigenvalue weighted by molar-refractivity contribution is 7.15. The van der Waals surface area contributed by atoms with E-state index in [0.717, 1.165) is 11.0 Å². The fourth-order valence-electron chi connectivity index (χ4n) is 2.20. The Morgan fingerprint density at radius 2 is 2.14 bits per heavy atom. The minimum absolute atomic E-state index is 0.929. The zero-order valence-corrected chi connectivity index (χ0v) is 9.78. The second-order valence-corrected chi connectivity index (χ2v) is 5.22. The predicted molar refractivity (Wildman–Crippen MR) is 62.1 cm³/mol. The van der Waals surface area contributed by atoms with E-state index in [-0.39, 0.29) is 0 Å². The van der Waals surface area contributed by atoms with Gasteiger partial charge in [0.15, 0.2) is 5.13 Å². The Morgan fingerprint density at radius 1 is 1.43 bits per heavy atom. The summed E-state index contributed by atoms with van der Waals surface area (Å²) >= 11 is 1.82. The zero-order chi connectivity index (χ0) is 9.97. The molecule has 0 amide bonds. The number of nitrogens with zero attached hydrogens (tertiary/aromatic N) is 1. The molecule has 2 rings (SSSR count). The van der Waals surface area contributed by atoms with E-state index in [0.29, 0.717) is 0 Å². The molecule has 1 N–H and O–H groups in total. The normalized spacial score (nSPS) is 17.6. The third kappa shape index (κ3) is 2.08. The molecule has 1 heterocycles. The summed E-state index contributed by atoms with van der Waals surface area (Å²) in [4.78, 5) is 5.97. The first kappa shape index (κ1) is 9.97. The molecule has 0 aromatic carbocycles. The molecule has 0 bridgehead atoms.